The fourth-order valence-electron chi connectivity index (χ4n) is 4.66. The average molecular weight is 514 g/mol. The Morgan fingerprint density at radius 2 is 1.92 bits per heavy atom. The molecule has 8 nitrogen and oxygen atoms in total. The van der Waals surface area contributed by atoms with Gasteiger partial charge in [0.15, 0.2) is 0 Å². The highest BCUT2D eigenvalue weighted by molar-refractivity contribution is 5.95. The predicted molar refractivity (Wildman–Crippen MR) is 131 cm³/mol. The molecule has 11 heteroatoms. The van der Waals surface area contributed by atoms with E-state index in [0.717, 1.165) is 6.07 Å². The molecule has 1 amide bonds. The minimum absolute atomic E-state index is 0.0256. The van der Waals surface area contributed by atoms with Gasteiger partial charge in [-0.05, 0) is 63.6 Å². The third-order valence-electron chi connectivity index (χ3n) is 6.23. The number of hydrogen-bond acceptors (Lipinski definition) is 6. The first-order chi connectivity index (χ1) is 17.4. The zero-order valence-electron chi connectivity index (χ0n) is 20.7. The van der Waals surface area contributed by atoms with Crippen LogP contribution in [0.4, 0.5) is 18.9 Å². The first-order valence-corrected chi connectivity index (χ1v) is 11.7. The number of halogens is 3. The molecule has 0 aliphatic carbocycles. The van der Waals surface area contributed by atoms with Crippen LogP contribution in [0.2, 0.25) is 0 Å². The van der Waals surface area contributed by atoms with Crippen LogP contribution in [0.5, 0.6) is 0 Å². The fraction of sp³-hybridized carbons (Fsp3) is 0.385. The number of alkyl halides is 3. The van der Waals surface area contributed by atoms with E-state index >= 15 is 0 Å². The Morgan fingerprint density at radius 3 is 2.54 bits per heavy atom. The monoisotopic (exact) mass is 513 g/mol. The van der Waals surface area contributed by atoms with Gasteiger partial charge in [-0.25, -0.2) is 4.98 Å². The molecule has 1 saturated heterocycles. The van der Waals surface area contributed by atoms with E-state index < -0.39 is 23.3 Å². The molecule has 194 valence electrons. The van der Waals surface area contributed by atoms with Crippen LogP contribution in [-0.4, -0.2) is 46.1 Å². The van der Waals surface area contributed by atoms with E-state index in [1.165, 1.54) is 38.1 Å². The van der Waals surface area contributed by atoms with Crippen molar-refractivity contribution in [3.63, 3.8) is 0 Å². The summed E-state index contributed by atoms with van der Waals surface area (Å²) in [6.07, 6.45) is -4.94. The summed E-state index contributed by atoms with van der Waals surface area (Å²) in [7, 11) is 0. The number of fused-ring (bicyclic) bond motifs is 1. The van der Waals surface area contributed by atoms with Crippen molar-refractivity contribution in [1.82, 2.24) is 14.9 Å². The molecule has 1 fully saturated rings. The summed E-state index contributed by atoms with van der Waals surface area (Å²) in [6.45, 7) is 7.57. The van der Waals surface area contributed by atoms with Crippen molar-refractivity contribution in [2.45, 2.75) is 52.1 Å². The average Bonchev–Trinajstić information content (AvgIpc) is 2.81. The second-order valence-electron chi connectivity index (χ2n) is 9.31. The number of amides is 1. The molecule has 1 aliphatic heterocycles. The summed E-state index contributed by atoms with van der Waals surface area (Å²) in [5, 5.41) is 12.7. The van der Waals surface area contributed by atoms with Crippen molar-refractivity contribution in [1.29, 1.82) is 5.26 Å². The Kier molecular flexibility index (Phi) is 6.97. The quantitative estimate of drug-likeness (QED) is 0.530. The van der Waals surface area contributed by atoms with Crippen molar-refractivity contribution >= 4 is 22.5 Å². The summed E-state index contributed by atoms with van der Waals surface area (Å²) in [6, 6.07) is 7.57. The maximum Gasteiger partial charge on any atom is 0.416 e. The minimum atomic E-state index is -4.70. The molecule has 0 radical (unpaired) electrons. The highest BCUT2D eigenvalue weighted by Gasteiger charge is 2.35. The summed E-state index contributed by atoms with van der Waals surface area (Å²) in [5.74, 6) is -0.0483. The van der Waals surface area contributed by atoms with Crippen LogP contribution >= 0.6 is 0 Å². The van der Waals surface area contributed by atoms with Gasteiger partial charge >= 0.3 is 6.18 Å². The first kappa shape index (κ1) is 26.2. The number of aromatic amines is 1. The van der Waals surface area contributed by atoms with Crippen molar-refractivity contribution in [2.75, 3.05) is 18.4 Å². The van der Waals surface area contributed by atoms with E-state index in [1.807, 2.05) is 19.9 Å². The number of carbonyl (C=O) groups excluding carboxylic acids is 1. The molecule has 3 aromatic rings. The van der Waals surface area contributed by atoms with Crippen LogP contribution < -0.4 is 10.9 Å². The van der Waals surface area contributed by atoms with Crippen molar-refractivity contribution in [3.8, 4) is 6.07 Å². The van der Waals surface area contributed by atoms with Crippen LogP contribution in [0.25, 0.3) is 10.9 Å². The molecule has 2 N–H and O–H groups in total. The van der Waals surface area contributed by atoms with Gasteiger partial charge in [-0.2, -0.15) is 18.4 Å². The number of rotatable bonds is 4. The van der Waals surface area contributed by atoms with Gasteiger partial charge in [0, 0.05) is 24.7 Å². The third kappa shape index (κ3) is 5.44. The maximum absolute atomic E-state index is 14.0. The molecule has 1 unspecified atom stereocenters. The molecule has 0 spiro atoms. The number of anilines is 1. The normalized spacial score (nSPS) is 18.9. The lowest BCUT2D eigenvalue weighted by molar-refractivity contribution is -0.138. The van der Waals surface area contributed by atoms with Crippen LogP contribution in [0.3, 0.4) is 0 Å². The number of H-pyrrole nitrogens is 1. The maximum atomic E-state index is 14.0. The molecule has 37 heavy (non-hydrogen) atoms. The van der Waals surface area contributed by atoms with E-state index in [1.54, 1.807) is 4.90 Å². The number of aryl methyl sites for hydroxylation is 1. The van der Waals surface area contributed by atoms with E-state index in [2.05, 4.69) is 15.3 Å². The molecular formula is C26H26F3N5O3. The zero-order chi connectivity index (χ0) is 27.1. The van der Waals surface area contributed by atoms with E-state index in [4.69, 9.17) is 4.74 Å². The van der Waals surface area contributed by atoms with Gasteiger partial charge in [-0.1, -0.05) is 0 Å². The van der Waals surface area contributed by atoms with Gasteiger partial charge in [0.2, 0.25) is 0 Å². The highest BCUT2D eigenvalue weighted by Crippen LogP contribution is 2.37. The van der Waals surface area contributed by atoms with E-state index in [9.17, 15) is 28.0 Å². The van der Waals surface area contributed by atoms with Gasteiger partial charge in [-0.3, -0.25) is 9.59 Å². The topological polar surface area (TPSA) is 111 Å². The molecule has 0 bridgehead atoms. The van der Waals surface area contributed by atoms with Crippen LogP contribution in [0.15, 0.2) is 35.1 Å². The molecule has 0 saturated carbocycles. The van der Waals surface area contributed by atoms with Crippen molar-refractivity contribution in [2.24, 2.45) is 0 Å². The lowest BCUT2D eigenvalue weighted by Gasteiger charge is -2.35. The minimum Gasteiger partial charge on any atom is -0.377 e. The molecule has 2 aromatic carbocycles. The van der Waals surface area contributed by atoms with Gasteiger partial charge in [0.05, 0.1) is 39.9 Å². The summed E-state index contributed by atoms with van der Waals surface area (Å²) in [5.41, 5.74) is -1.04. The molecular weight excluding hydrogens is 487 g/mol. The molecule has 1 aliphatic rings. The van der Waals surface area contributed by atoms with Crippen LogP contribution in [0, 0.1) is 18.3 Å². The van der Waals surface area contributed by atoms with Crippen molar-refractivity contribution < 1.29 is 22.7 Å². The predicted octanol–water partition coefficient (Wildman–Crippen LogP) is 4.54. The second-order valence-corrected chi connectivity index (χ2v) is 9.31. The van der Waals surface area contributed by atoms with Gasteiger partial charge in [0.1, 0.15) is 11.9 Å². The Hall–Kier alpha value is -3.91. The molecule has 2 heterocycles. The number of ether oxygens (including phenoxy) is 1. The fourth-order valence-corrected chi connectivity index (χ4v) is 4.66. The second kappa shape index (κ2) is 9.86. The smallest absolute Gasteiger partial charge is 0.377 e. The standard InChI is InChI=1S/C26H26F3N5O3/c1-13-11-34(12-14(2)37-13)25(36)17-5-6-22(18(7-17)10-30)31-15(3)19-8-20-23(9-21(19)26(27,28)29)32-16(4)33-24(20)35/h5-9,13-15,31H,11-12H2,1-4H3,(H,32,33,35)/t13-,14+,15?. The number of aromatic nitrogens is 2. The Morgan fingerprint density at radius 1 is 1.24 bits per heavy atom. The number of benzene rings is 2. The number of morpholine rings is 1. The Balaban J connectivity index is 1.67. The Bertz CT molecular complexity index is 1450. The molecule has 4 rings (SSSR count). The Labute approximate surface area is 211 Å². The van der Waals surface area contributed by atoms with Crippen LogP contribution in [0.1, 0.15) is 59.7 Å². The molecule has 1 aromatic heterocycles. The first-order valence-electron chi connectivity index (χ1n) is 11.7. The third-order valence-corrected chi connectivity index (χ3v) is 6.23. The van der Waals surface area contributed by atoms with Crippen molar-refractivity contribution in [3.05, 3.63) is 68.8 Å². The number of carbonyl (C=O) groups is 1. The SMILES string of the molecule is Cc1nc2cc(C(F)(F)F)c(C(C)Nc3ccc(C(=O)N4C[C@@H](C)O[C@@H](C)C4)cc3C#N)cc2c(=O)[nH]1. The number of nitrogens with one attached hydrogen (secondary N) is 2. The lowest BCUT2D eigenvalue weighted by atomic mass is 9.97. The zero-order valence-corrected chi connectivity index (χ0v) is 20.7. The van der Waals surface area contributed by atoms with E-state index in [0.29, 0.717) is 18.7 Å². The largest absolute Gasteiger partial charge is 0.416 e. The lowest BCUT2D eigenvalue weighted by Crippen LogP contribution is -2.48. The van der Waals surface area contributed by atoms with Crippen LogP contribution in [-0.2, 0) is 10.9 Å². The molecule has 3 atom stereocenters. The van der Waals surface area contributed by atoms with Gasteiger partial charge in [0.25, 0.3) is 11.5 Å². The highest BCUT2D eigenvalue weighted by atomic mass is 19.4. The summed E-state index contributed by atoms with van der Waals surface area (Å²) in [4.78, 5) is 33.6. The van der Waals surface area contributed by atoms with E-state index in [-0.39, 0.29) is 51.7 Å². The number of nitriles is 1. The summed E-state index contributed by atoms with van der Waals surface area (Å²) >= 11 is 0. The van der Waals surface area contributed by atoms with Gasteiger partial charge in [-0.15, -0.1) is 0 Å². The number of hydrogen-bond donors (Lipinski definition) is 2. The van der Waals surface area contributed by atoms with Gasteiger partial charge < -0.3 is 19.9 Å². The number of nitrogens with zero attached hydrogens (tertiary/aromatic N) is 3. The summed E-state index contributed by atoms with van der Waals surface area (Å²) < 4.78 is 47.5.